The molecule has 1 aromatic rings. The van der Waals surface area contributed by atoms with Crippen molar-refractivity contribution in [3.63, 3.8) is 0 Å². The van der Waals surface area contributed by atoms with E-state index >= 15 is 0 Å². The summed E-state index contributed by atoms with van der Waals surface area (Å²) >= 11 is 0. The van der Waals surface area contributed by atoms with Crippen molar-refractivity contribution in [2.75, 3.05) is 13.1 Å². The Morgan fingerprint density at radius 1 is 0.760 bits per heavy atom. The standard InChI is InChI=1S/C23H39NO/c1-3-5-7-9-14-20-24(21-15-10-8-6-4-2)23(25)19-18-22-16-12-11-13-17-22/h11-13,16-17H,3-10,14-15,18-21H2,1-2H3. The minimum Gasteiger partial charge on any atom is -0.343 e. The molecule has 0 atom stereocenters. The molecule has 2 nitrogen and oxygen atoms in total. The van der Waals surface area contributed by atoms with E-state index in [4.69, 9.17) is 0 Å². The third kappa shape index (κ3) is 11.0. The van der Waals surface area contributed by atoms with Gasteiger partial charge >= 0.3 is 0 Å². The van der Waals surface area contributed by atoms with Gasteiger partial charge in [0.25, 0.3) is 0 Å². The quantitative estimate of drug-likeness (QED) is 0.337. The fourth-order valence-corrected chi connectivity index (χ4v) is 3.23. The van der Waals surface area contributed by atoms with E-state index in [-0.39, 0.29) is 0 Å². The molecule has 1 amide bonds. The van der Waals surface area contributed by atoms with Gasteiger partial charge in [-0.25, -0.2) is 0 Å². The van der Waals surface area contributed by atoms with Gasteiger partial charge in [0.15, 0.2) is 0 Å². The number of hydrogen-bond donors (Lipinski definition) is 0. The molecule has 0 saturated carbocycles. The smallest absolute Gasteiger partial charge is 0.222 e. The molecule has 1 rings (SSSR count). The molecule has 0 unspecified atom stereocenters. The number of benzene rings is 1. The van der Waals surface area contributed by atoms with Crippen LogP contribution < -0.4 is 0 Å². The zero-order valence-corrected chi connectivity index (χ0v) is 16.6. The molecule has 1 aromatic carbocycles. The number of carbonyl (C=O) groups excluding carboxylic acids is 1. The van der Waals surface area contributed by atoms with Crippen molar-refractivity contribution >= 4 is 5.91 Å². The molecule has 0 radical (unpaired) electrons. The first-order valence-electron chi connectivity index (χ1n) is 10.6. The van der Waals surface area contributed by atoms with Crippen molar-refractivity contribution in [1.82, 2.24) is 4.90 Å². The molecule has 0 bridgehead atoms. The van der Waals surface area contributed by atoms with Gasteiger partial charge in [-0.15, -0.1) is 0 Å². The summed E-state index contributed by atoms with van der Waals surface area (Å²) in [6.45, 7) is 6.39. The Bertz CT molecular complexity index is 415. The number of amides is 1. The lowest BCUT2D eigenvalue weighted by atomic mass is 10.1. The lowest BCUT2D eigenvalue weighted by Gasteiger charge is -2.23. The molecule has 0 aliphatic carbocycles. The third-order valence-electron chi connectivity index (χ3n) is 4.89. The van der Waals surface area contributed by atoms with Gasteiger partial charge in [-0.3, -0.25) is 4.79 Å². The van der Waals surface area contributed by atoms with Crippen molar-refractivity contribution in [3.8, 4) is 0 Å². The topological polar surface area (TPSA) is 20.3 Å². The van der Waals surface area contributed by atoms with Crippen LogP contribution in [0.5, 0.6) is 0 Å². The first kappa shape index (κ1) is 21.7. The molecule has 2 heteroatoms. The predicted octanol–water partition coefficient (Wildman–Crippen LogP) is 6.39. The Labute approximate surface area is 156 Å². The average molecular weight is 346 g/mol. The molecule has 0 fully saturated rings. The summed E-state index contributed by atoms with van der Waals surface area (Å²) < 4.78 is 0. The molecule has 0 saturated heterocycles. The number of unbranched alkanes of at least 4 members (excludes halogenated alkanes) is 8. The van der Waals surface area contributed by atoms with E-state index in [1.165, 1.54) is 56.9 Å². The summed E-state index contributed by atoms with van der Waals surface area (Å²) in [4.78, 5) is 14.8. The molecular weight excluding hydrogens is 306 g/mol. The maximum Gasteiger partial charge on any atom is 0.222 e. The van der Waals surface area contributed by atoms with Crippen LogP contribution in [0.15, 0.2) is 30.3 Å². The normalized spacial score (nSPS) is 10.8. The third-order valence-corrected chi connectivity index (χ3v) is 4.89. The Balaban J connectivity index is 2.36. The van der Waals surface area contributed by atoms with Crippen LogP contribution >= 0.6 is 0 Å². The van der Waals surface area contributed by atoms with Crippen LogP contribution in [0.3, 0.4) is 0 Å². The largest absolute Gasteiger partial charge is 0.343 e. The minimum absolute atomic E-state index is 0.342. The van der Waals surface area contributed by atoms with Crippen molar-refractivity contribution in [1.29, 1.82) is 0 Å². The highest BCUT2D eigenvalue weighted by molar-refractivity contribution is 5.76. The number of aryl methyl sites for hydroxylation is 1. The van der Waals surface area contributed by atoms with Crippen LogP contribution in [0.1, 0.15) is 90.0 Å². The summed E-state index contributed by atoms with van der Waals surface area (Å²) in [6, 6.07) is 10.4. The van der Waals surface area contributed by atoms with Gasteiger partial charge in [0, 0.05) is 19.5 Å². The molecule has 0 aliphatic rings. The van der Waals surface area contributed by atoms with E-state index in [9.17, 15) is 4.79 Å². The van der Waals surface area contributed by atoms with Gasteiger partial charge in [-0.1, -0.05) is 95.5 Å². The van der Waals surface area contributed by atoms with E-state index in [1.54, 1.807) is 0 Å². The zero-order chi connectivity index (χ0) is 18.2. The molecule has 0 heterocycles. The van der Waals surface area contributed by atoms with Gasteiger partial charge < -0.3 is 4.90 Å². The van der Waals surface area contributed by atoms with Gasteiger partial charge in [-0.05, 0) is 24.8 Å². The van der Waals surface area contributed by atoms with Gasteiger partial charge in [0.05, 0.1) is 0 Å². The average Bonchev–Trinajstić information content (AvgIpc) is 2.65. The first-order valence-corrected chi connectivity index (χ1v) is 10.6. The number of nitrogens with zero attached hydrogens (tertiary/aromatic N) is 1. The van der Waals surface area contributed by atoms with Gasteiger partial charge in [0.2, 0.25) is 5.91 Å². The number of rotatable bonds is 15. The maximum absolute atomic E-state index is 12.7. The summed E-state index contributed by atoms with van der Waals surface area (Å²) in [5, 5.41) is 0. The van der Waals surface area contributed by atoms with Crippen molar-refractivity contribution in [3.05, 3.63) is 35.9 Å². The second kappa shape index (κ2) is 15.0. The van der Waals surface area contributed by atoms with E-state index in [0.717, 1.165) is 32.4 Å². The van der Waals surface area contributed by atoms with Gasteiger partial charge in [0.1, 0.15) is 0 Å². The summed E-state index contributed by atoms with van der Waals surface area (Å²) in [7, 11) is 0. The fraction of sp³-hybridized carbons (Fsp3) is 0.696. The lowest BCUT2D eigenvalue weighted by molar-refractivity contribution is -0.131. The molecule has 0 aromatic heterocycles. The van der Waals surface area contributed by atoms with Gasteiger partial charge in [-0.2, -0.15) is 0 Å². The molecular formula is C23H39NO. The second-order valence-electron chi connectivity index (χ2n) is 7.19. The number of carbonyl (C=O) groups is 1. The summed E-state index contributed by atoms with van der Waals surface area (Å²) in [6.07, 6.45) is 14.1. The van der Waals surface area contributed by atoms with Crippen molar-refractivity contribution < 1.29 is 4.79 Å². The number of hydrogen-bond acceptors (Lipinski definition) is 1. The van der Waals surface area contributed by atoms with E-state index < -0.39 is 0 Å². The van der Waals surface area contributed by atoms with Crippen LogP contribution in [0, 0.1) is 0 Å². The van der Waals surface area contributed by atoms with Crippen LogP contribution in [0.4, 0.5) is 0 Å². The van der Waals surface area contributed by atoms with Crippen LogP contribution in [-0.2, 0) is 11.2 Å². The van der Waals surface area contributed by atoms with Crippen molar-refractivity contribution in [2.45, 2.75) is 90.9 Å². The Morgan fingerprint density at radius 2 is 1.28 bits per heavy atom. The second-order valence-corrected chi connectivity index (χ2v) is 7.19. The zero-order valence-electron chi connectivity index (χ0n) is 16.6. The fourth-order valence-electron chi connectivity index (χ4n) is 3.23. The highest BCUT2D eigenvalue weighted by Gasteiger charge is 2.12. The first-order chi connectivity index (χ1) is 12.3. The van der Waals surface area contributed by atoms with Crippen LogP contribution in [0.25, 0.3) is 0 Å². The SMILES string of the molecule is CCCCCCCN(CCCCCCC)C(=O)CCc1ccccc1. The van der Waals surface area contributed by atoms with E-state index in [0.29, 0.717) is 12.3 Å². The molecule has 0 N–H and O–H groups in total. The summed E-state index contributed by atoms with van der Waals surface area (Å²) in [5.41, 5.74) is 1.27. The molecule has 25 heavy (non-hydrogen) atoms. The minimum atomic E-state index is 0.342. The molecule has 142 valence electrons. The molecule has 0 aliphatic heterocycles. The summed E-state index contributed by atoms with van der Waals surface area (Å²) in [5.74, 6) is 0.342. The van der Waals surface area contributed by atoms with Crippen LogP contribution in [0.2, 0.25) is 0 Å². The highest BCUT2D eigenvalue weighted by atomic mass is 16.2. The Kier molecular flexibility index (Phi) is 13.0. The lowest BCUT2D eigenvalue weighted by Crippen LogP contribution is -2.33. The highest BCUT2D eigenvalue weighted by Crippen LogP contribution is 2.10. The van der Waals surface area contributed by atoms with E-state index in [2.05, 4.69) is 43.0 Å². The monoisotopic (exact) mass is 345 g/mol. The molecule has 0 spiro atoms. The van der Waals surface area contributed by atoms with E-state index in [1.807, 2.05) is 6.07 Å². The predicted molar refractivity (Wildman–Crippen MR) is 109 cm³/mol. The van der Waals surface area contributed by atoms with Crippen molar-refractivity contribution in [2.24, 2.45) is 0 Å². The maximum atomic E-state index is 12.7. The Hall–Kier alpha value is -1.31. The Morgan fingerprint density at radius 3 is 1.80 bits per heavy atom. The van der Waals surface area contributed by atoms with Crippen LogP contribution in [-0.4, -0.2) is 23.9 Å².